The van der Waals surface area contributed by atoms with E-state index in [1.54, 1.807) is 16.8 Å². The van der Waals surface area contributed by atoms with Gasteiger partial charge in [-0.05, 0) is 30.5 Å². The fourth-order valence-corrected chi connectivity index (χ4v) is 4.68. The summed E-state index contributed by atoms with van der Waals surface area (Å²) < 4.78 is 36.6. The monoisotopic (exact) mass is 429 g/mol. The molecule has 2 aliphatic rings. The number of nitrogens with one attached hydrogen (secondary N) is 1. The Morgan fingerprint density at radius 3 is 2.74 bits per heavy atom. The molecule has 2 aromatic heterocycles. The van der Waals surface area contributed by atoms with Gasteiger partial charge < -0.3 is 9.72 Å². The Morgan fingerprint density at radius 2 is 2.00 bits per heavy atom. The van der Waals surface area contributed by atoms with Gasteiger partial charge in [0.25, 0.3) is 5.56 Å². The normalized spacial score (nSPS) is 25.5. The van der Waals surface area contributed by atoms with Crippen molar-refractivity contribution in [1.29, 1.82) is 0 Å². The highest BCUT2D eigenvalue weighted by molar-refractivity contribution is 5.73. The van der Waals surface area contributed by atoms with Gasteiger partial charge in [0.15, 0.2) is 17.1 Å². The van der Waals surface area contributed by atoms with E-state index in [0.29, 0.717) is 37.3 Å². The first-order chi connectivity index (χ1) is 14.9. The van der Waals surface area contributed by atoms with E-state index in [1.807, 2.05) is 11.8 Å². The summed E-state index contributed by atoms with van der Waals surface area (Å²) in [4.78, 5) is 21.9. The Morgan fingerprint density at radius 1 is 1.26 bits per heavy atom. The molecule has 0 saturated carbocycles. The van der Waals surface area contributed by atoms with Crippen LogP contribution in [0.4, 0.5) is 8.78 Å². The number of likely N-dealkylation sites (tertiary alicyclic amines) is 1. The second-order valence-electron chi connectivity index (χ2n) is 8.64. The van der Waals surface area contributed by atoms with E-state index < -0.39 is 5.67 Å². The zero-order chi connectivity index (χ0) is 21.6. The molecule has 0 spiro atoms. The maximum atomic E-state index is 16.3. The highest BCUT2D eigenvalue weighted by atomic mass is 19.1. The van der Waals surface area contributed by atoms with Gasteiger partial charge in [-0.25, -0.2) is 18.4 Å². The molecule has 3 aromatic rings. The molecule has 5 rings (SSSR count). The summed E-state index contributed by atoms with van der Waals surface area (Å²) in [6, 6.07) is 6.30. The van der Waals surface area contributed by atoms with Crippen LogP contribution in [0.15, 0.2) is 35.3 Å². The van der Waals surface area contributed by atoms with Crippen LogP contribution in [0.25, 0.3) is 11.0 Å². The highest BCUT2D eigenvalue weighted by Crippen LogP contribution is 2.39. The predicted octanol–water partition coefficient (Wildman–Crippen LogP) is 2.93. The quantitative estimate of drug-likeness (QED) is 0.690. The molecule has 0 unspecified atom stereocenters. The highest BCUT2D eigenvalue weighted by Gasteiger charge is 2.48. The van der Waals surface area contributed by atoms with Crippen LogP contribution >= 0.6 is 0 Å². The van der Waals surface area contributed by atoms with Crippen LogP contribution in [0, 0.1) is 11.7 Å². The van der Waals surface area contributed by atoms with Gasteiger partial charge in [-0.1, -0.05) is 19.1 Å². The lowest BCUT2D eigenvalue weighted by Crippen LogP contribution is -2.34. The Labute approximate surface area is 178 Å². The molecule has 1 N–H and O–H groups in total. The summed E-state index contributed by atoms with van der Waals surface area (Å²) in [5.74, 6) is -0.615. The fraction of sp³-hybridized carbons (Fsp3) is 0.500. The fourth-order valence-electron chi connectivity index (χ4n) is 4.68. The summed E-state index contributed by atoms with van der Waals surface area (Å²) in [6.07, 6.45) is 3.07. The van der Waals surface area contributed by atoms with E-state index in [4.69, 9.17) is 4.74 Å². The number of benzene rings is 1. The van der Waals surface area contributed by atoms with Gasteiger partial charge in [-0.2, -0.15) is 5.10 Å². The third kappa shape index (κ3) is 3.65. The van der Waals surface area contributed by atoms with Crippen molar-refractivity contribution in [2.45, 2.75) is 38.0 Å². The first kappa shape index (κ1) is 20.3. The smallest absolute Gasteiger partial charge is 0.262 e. The van der Waals surface area contributed by atoms with E-state index in [9.17, 15) is 9.18 Å². The SMILES string of the molecule is C[C@@H]1CN(Cc2ccc(F)cc2)C[C@@]1(F)c1nc2c(cnn2C2CCOCC2)c(=O)[nH]1. The predicted molar refractivity (Wildman–Crippen MR) is 111 cm³/mol. The number of halogens is 2. The lowest BCUT2D eigenvalue weighted by molar-refractivity contribution is 0.0672. The minimum atomic E-state index is -1.79. The first-order valence-electron chi connectivity index (χ1n) is 10.7. The van der Waals surface area contributed by atoms with Gasteiger partial charge in [0.05, 0.1) is 12.2 Å². The van der Waals surface area contributed by atoms with Crippen molar-refractivity contribution >= 4 is 11.0 Å². The van der Waals surface area contributed by atoms with Crippen LogP contribution in [-0.2, 0) is 17.0 Å². The summed E-state index contributed by atoms with van der Waals surface area (Å²) >= 11 is 0. The van der Waals surface area contributed by atoms with E-state index in [2.05, 4.69) is 15.1 Å². The number of aromatic amines is 1. The molecule has 2 atom stereocenters. The molecule has 7 nitrogen and oxygen atoms in total. The van der Waals surface area contributed by atoms with Crippen molar-refractivity contribution in [2.75, 3.05) is 26.3 Å². The van der Waals surface area contributed by atoms with Gasteiger partial charge in [0.2, 0.25) is 0 Å². The maximum absolute atomic E-state index is 16.3. The molecular weight excluding hydrogens is 404 g/mol. The summed E-state index contributed by atoms with van der Waals surface area (Å²) in [6.45, 7) is 4.20. The van der Waals surface area contributed by atoms with Gasteiger partial charge >= 0.3 is 0 Å². The number of hydrogen-bond donors (Lipinski definition) is 1. The van der Waals surface area contributed by atoms with Gasteiger partial charge in [-0.3, -0.25) is 9.69 Å². The molecule has 31 heavy (non-hydrogen) atoms. The van der Waals surface area contributed by atoms with E-state index in [-0.39, 0.29) is 35.7 Å². The molecule has 0 bridgehead atoms. The lowest BCUT2D eigenvalue weighted by Gasteiger charge is -2.25. The third-order valence-electron chi connectivity index (χ3n) is 6.48. The van der Waals surface area contributed by atoms with E-state index in [1.165, 1.54) is 18.3 Å². The number of H-pyrrole nitrogens is 1. The molecule has 2 fully saturated rings. The average molecular weight is 429 g/mol. The van der Waals surface area contributed by atoms with Crippen molar-refractivity contribution in [3.63, 3.8) is 0 Å². The number of nitrogens with zero attached hydrogens (tertiary/aromatic N) is 4. The van der Waals surface area contributed by atoms with E-state index in [0.717, 1.165) is 18.4 Å². The largest absolute Gasteiger partial charge is 0.381 e. The van der Waals surface area contributed by atoms with Gasteiger partial charge in [0, 0.05) is 38.8 Å². The number of hydrogen-bond acceptors (Lipinski definition) is 5. The second kappa shape index (κ2) is 7.80. The van der Waals surface area contributed by atoms with Crippen molar-refractivity contribution in [1.82, 2.24) is 24.6 Å². The first-order valence-corrected chi connectivity index (χ1v) is 10.7. The molecule has 164 valence electrons. The van der Waals surface area contributed by atoms with Crippen LogP contribution in [0.2, 0.25) is 0 Å². The Bertz CT molecular complexity index is 1140. The van der Waals surface area contributed by atoms with Gasteiger partial charge in [0.1, 0.15) is 11.2 Å². The molecule has 0 amide bonds. The Kier molecular flexibility index (Phi) is 5.10. The van der Waals surface area contributed by atoms with Crippen LogP contribution in [0.1, 0.15) is 37.2 Å². The molecule has 2 aliphatic heterocycles. The number of fused-ring (bicyclic) bond motifs is 1. The molecule has 0 radical (unpaired) electrons. The number of alkyl halides is 1. The number of rotatable bonds is 4. The minimum Gasteiger partial charge on any atom is -0.381 e. The lowest BCUT2D eigenvalue weighted by atomic mass is 9.93. The zero-order valence-electron chi connectivity index (χ0n) is 17.4. The molecule has 9 heteroatoms. The molecule has 0 aliphatic carbocycles. The van der Waals surface area contributed by atoms with Crippen molar-refractivity contribution < 1.29 is 13.5 Å². The number of ether oxygens (including phenoxy) is 1. The summed E-state index contributed by atoms with van der Waals surface area (Å²) in [5.41, 5.74) is -0.836. The van der Waals surface area contributed by atoms with Crippen LogP contribution < -0.4 is 5.56 Å². The minimum absolute atomic E-state index is 0.0490. The topological polar surface area (TPSA) is 76.0 Å². The van der Waals surface area contributed by atoms with Crippen LogP contribution in [0.5, 0.6) is 0 Å². The maximum Gasteiger partial charge on any atom is 0.262 e. The Hall–Kier alpha value is -2.65. The average Bonchev–Trinajstić information content (AvgIpc) is 3.32. The standard InChI is InChI=1S/C22H25F2N5O2/c1-14-11-28(12-15-2-4-16(23)5-3-15)13-22(14,24)21-26-19-18(20(30)27-21)10-25-29(19)17-6-8-31-9-7-17/h2-5,10,14,17H,6-9,11-13H2,1H3,(H,26,27,30)/t14-,22+/m1/s1. The van der Waals surface area contributed by atoms with E-state index >= 15 is 4.39 Å². The van der Waals surface area contributed by atoms with Gasteiger partial charge in [-0.15, -0.1) is 0 Å². The second-order valence-corrected chi connectivity index (χ2v) is 8.64. The van der Waals surface area contributed by atoms with Crippen molar-refractivity contribution in [2.24, 2.45) is 5.92 Å². The molecular formula is C22H25F2N5O2. The zero-order valence-corrected chi connectivity index (χ0v) is 17.4. The van der Waals surface area contributed by atoms with Crippen LogP contribution in [-0.4, -0.2) is 51.0 Å². The summed E-state index contributed by atoms with van der Waals surface area (Å²) in [5, 5.41) is 4.75. The van der Waals surface area contributed by atoms with Crippen molar-refractivity contribution in [3.8, 4) is 0 Å². The third-order valence-corrected chi connectivity index (χ3v) is 6.48. The molecule has 1 aromatic carbocycles. The molecule has 4 heterocycles. The van der Waals surface area contributed by atoms with Crippen LogP contribution in [0.3, 0.4) is 0 Å². The number of aromatic nitrogens is 4. The Balaban J connectivity index is 1.46. The molecule has 2 saturated heterocycles. The van der Waals surface area contributed by atoms with Crippen molar-refractivity contribution in [3.05, 3.63) is 58.0 Å². The summed E-state index contributed by atoms with van der Waals surface area (Å²) in [7, 11) is 0.